The quantitative estimate of drug-likeness (QED) is 0.193. The van der Waals surface area contributed by atoms with Crippen molar-refractivity contribution >= 4 is 29.0 Å². The van der Waals surface area contributed by atoms with Crippen LogP contribution >= 0.6 is 0 Å². The Morgan fingerprint density at radius 3 is 2.64 bits per heavy atom. The molecule has 11 nitrogen and oxygen atoms in total. The lowest BCUT2D eigenvalue weighted by atomic mass is 10.0. The average molecular weight is 544 g/mol. The molecule has 0 radical (unpaired) electrons. The van der Waals surface area contributed by atoms with Gasteiger partial charge in [-0.3, -0.25) is 19.1 Å². The third-order valence-corrected chi connectivity index (χ3v) is 5.97. The molecule has 0 spiro atoms. The molecule has 0 aliphatic rings. The van der Waals surface area contributed by atoms with Gasteiger partial charge in [-0.1, -0.05) is 6.92 Å². The van der Waals surface area contributed by atoms with Crippen LogP contribution in [0.15, 0.2) is 43.0 Å². The summed E-state index contributed by atoms with van der Waals surface area (Å²) < 4.78 is 41.7. The molecule has 4 rings (SSSR count). The number of hydrogen-bond acceptors (Lipinski definition) is 7. The number of halogens is 3. The van der Waals surface area contributed by atoms with E-state index in [2.05, 4.69) is 31.0 Å². The van der Waals surface area contributed by atoms with E-state index in [1.807, 2.05) is 18.1 Å². The molecule has 0 saturated carbocycles. The standard InChI is InChI=1S/C25H28F3N9O2/c1-3-15-11-16(5-6-17(15)24(39)32-8-4-7-31-23(38)14(2)29)35-21-22-33-13-19(37(22)10-9-30-21)18-12-34-36-20(18)25(26,27)28/h5-6,9-14H,3-4,7-8,29H2,1-2H3,(H,30,35)(H,31,38)(H,32,39)(H,34,36)/t14-/m0/s1. The minimum Gasteiger partial charge on any atom is -0.355 e. The predicted octanol–water partition coefficient (Wildman–Crippen LogP) is 3.03. The van der Waals surface area contributed by atoms with Crippen LogP contribution in [0.1, 0.15) is 41.9 Å². The summed E-state index contributed by atoms with van der Waals surface area (Å²) in [5.74, 6) is -0.161. The molecule has 4 aromatic rings. The van der Waals surface area contributed by atoms with Crippen LogP contribution in [0.25, 0.3) is 16.9 Å². The molecule has 3 aromatic heterocycles. The molecular formula is C25H28F3N9O2. The number of aromatic nitrogens is 5. The maximum atomic E-state index is 13.4. The van der Waals surface area contributed by atoms with Crippen LogP contribution in [-0.4, -0.2) is 55.5 Å². The van der Waals surface area contributed by atoms with Crippen LogP contribution in [-0.2, 0) is 17.4 Å². The first kappa shape index (κ1) is 27.6. The van der Waals surface area contributed by atoms with Gasteiger partial charge in [0.2, 0.25) is 5.91 Å². The summed E-state index contributed by atoms with van der Waals surface area (Å²) in [6.07, 6.45) is 1.93. The Hall–Kier alpha value is -4.46. The maximum absolute atomic E-state index is 13.4. The molecule has 206 valence electrons. The average Bonchev–Trinajstić information content (AvgIpc) is 3.56. The molecule has 6 N–H and O–H groups in total. The number of anilines is 2. The maximum Gasteiger partial charge on any atom is 0.433 e. The number of carbonyl (C=O) groups excluding carboxylic acids is 2. The van der Waals surface area contributed by atoms with E-state index in [9.17, 15) is 22.8 Å². The number of carbonyl (C=O) groups is 2. The Balaban J connectivity index is 1.48. The van der Waals surface area contributed by atoms with Gasteiger partial charge in [0.1, 0.15) is 5.69 Å². The summed E-state index contributed by atoms with van der Waals surface area (Å²) in [7, 11) is 0. The second kappa shape index (κ2) is 11.5. The van der Waals surface area contributed by atoms with Gasteiger partial charge in [0.25, 0.3) is 5.91 Å². The van der Waals surface area contributed by atoms with Crippen molar-refractivity contribution in [3.8, 4) is 11.3 Å². The number of imidazole rings is 1. The normalized spacial score (nSPS) is 12.4. The lowest BCUT2D eigenvalue weighted by Gasteiger charge is -2.13. The first-order valence-electron chi connectivity index (χ1n) is 12.2. The smallest absolute Gasteiger partial charge is 0.355 e. The van der Waals surface area contributed by atoms with Gasteiger partial charge in [0, 0.05) is 36.7 Å². The van der Waals surface area contributed by atoms with E-state index in [-0.39, 0.29) is 23.1 Å². The van der Waals surface area contributed by atoms with E-state index < -0.39 is 17.9 Å². The summed E-state index contributed by atoms with van der Waals surface area (Å²) in [5.41, 5.74) is 6.85. The van der Waals surface area contributed by atoms with E-state index in [4.69, 9.17) is 5.73 Å². The summed E-state index contributed by atoms with van der Waals surface area (Å²) in [6.45, 7) is 4.29. The molecule has 0 bridgehead atoms. The van der Waals surface area contributed by atoms with Gasteiger partial charge in [-0.25, -0.2) is 9.97 Å². The number of fused-ring (bicyclic) bond motifs is 1. The second-order valence-corrected chi connectivity index (χ2v) is 8.81. The molecule has 0 aliphatic carbocycles. The van der Waals surface area contributed by atoms with Crippen molar-refractivity contribution in [2.75, 3.05) is 18.4 Å². The molecule has 1 aromatic carbocycles. The first-order valence-corrected chi connectivity index (χ1v) is 12.2. The second-order valence-electron chi connectivity index (χ2n) is 8.81. The van der Waals surface area contributed by atoms with E-state index in [0.29, 0.717) is 48.6 Å². The van der Waals surface area contributed by atoms with Gasteiger partial charge < -0.3 is 21.7 Å². The van der Waals surface area contributed by atoms with Gasteiger partial charge in [0.15, 0.2) is 11.5 Å². The molecule has 14 heteroatoms. The van der Waals surface area contributed by atoms with Crippen LogP contribution in [0.5, 0.6) is 0 Å². The van der Waals surface area contributed by atoms with E-state index >= 15 is 0 Å². The van der Waals surface area contributed by atoms with Crippen molar-refractivity contribution < 1.29 is 22.8 Å². The Labute approximate surface area is 221 Å². The molecule has 0 saturated heterocycles. The Morgan fingerprint density at radius 2 is 1.92 bits per heavy atom. The van der Waals surface area contributed by atoms with Crippen LogP contribution < -0.4 is 21.7 Å². The van der Waals surface area contributed by atoms with E-state index in [1.54, 1.807) is 19.1 Å². The Bertz CT molecular complexity index is 1480. The van der Waals surface area contributed by atoms with E-state index in [0.717, 1.165) is 11.8 Å². The monoisotopic (exact) mass is 543 g/mol. The fourth-order valence-corrected chi connectivity index (χ4v) is 3.98. The molecule has 0 aliphatic heterocycles. The molecule has 0 fully saturated rings. The number of H-pyrrole nitrogens is 1. The molecule has 2 amide bonds. The van der Waals surface area contributed by atoms with Crippen LogP contribution in [0.4, 0.5) is 24.7 Å². The van der Waals surface area contributed by atoms with Gasteiger partial charge in [-0.15, -0.1) is 0 Å². The molecule has 1 atom stereocenters. The highest BCUT2D eigenvalue weighted by Gasteiger charge is 2.36. The number of hydrogen-bond donors (Lipinski definition) is 5. The highest BCUT2D eigenvalue weighted by Crippen LogP contribution is 2.36. The van der Waals surface area contributed by atoms with Crippen molar-refractivity contribution in [1.82, 2.24) is 35.2 Å². The third kappa shape index (κ3) is 6.17. The lowest BCUT2D eigenvalue weighted by Crippen LogP contribution is -2.39. The summed E-state index contributed by atoms with van der Waals surface area (Å²) in [6, 6.07) is 4.62. The number of alkyl halides is 3. The SMILES string of the molecule is CCc1cc(Nc2nccn3c(-c4cn[nH]c4C(F)(F)F)cnc23)ccc1C(=O)NCCCNC(=O)[C@H](C)N. The first-order chi connectivity index (χ1) is 18.6. The van der Waals surface area contributed by atoms with Gasteiger partial charge >= 0.3 is 6.18 Å². The molecule has 0 unspecified atom stereocenters. The van der Waals surface area contributed by atoms with Crippen LogP contribution in [0, 0.1) is 0 Å². The Kier molecular flexibility index (Phi) is 8.14. The number of aromatic amines is 1. The minimum absolute atomic E-state index is 0.132. The highest BCUT2D eigenvalue weighted by molar-refractivity contribution is 5.96. The summed E-state index contributed by atoms with van der Waals surface area (Å²) in [5, 5.41) is 14.2. The molecule has 39 heavy (non-hydrogen) atoms. The number of aryl methyl sites for hydroxylation is 1. The number of nitrogens with zero attached hydrogens (tertiary/aromatic N) is 4. The van der Waals surface area contributed by atoms with Gasteiger partial charge in [-0.05, 0) is 43.5 Å². The number of rotatable bonds is 10. The van der Waals surface area contributed by atoms with Crippen molar-refractivity contribution in [1.29, 1.82) is 0 Å². The van der Waals surface area contributed by atoms with Crippen LogP contribution in [0.3, 0.4) is 0 Å². The highest BCUT2D eigenvalue weighted by atomic mass is 19.4. The van der Waals surface area contributed by atoms with Crippen molar-refractivity contribution in [2.45, 2.75) is 38.9 Å². The fourth-order valence-electron chi connectivity index (χ4n) is 3.98. The van der Waals surface area contributed by atoms with Crippen molar-refractivity contribution in [3.05, 3.63) is 59.8 Å². The zero-order chi connectivity index (χ0) is 28.2. The van der Waals surface area contributed by atoms with Crippen molar-refractivity contribution in [3.63, 3.8) is 0 Å². The number of nitrogens with two attached hydrogens (primary N) is 1. The van der Waals surface area contributed by atoms with Crippen molar-refractivity contribution in [2.24, 2.45) is 5.73 Å². The number of benzene rings is 1. The zero-order valence-corrected chi connectivity index (χ0v) is 21.3. The third-order valence-electron chi connectivity index (χ3n) is 5.97. The summed E-state index contributed by atoms with van der Waals surface area (Å²) >= 11 is 0. The molecular weight excluding hydrogens is 515 g/mol. The number of amides is 2. The zero-order valence-electron chi connectivity index (χ0n) is 21.3. The van der Waals surface area contributed by atoms with E-state index in [1.165, 1.54) is 23.0 Å². The van der Waals surface area contributed by atoms with Crippen LogP contribution in [0.2, 0.25) is 0 Å². The van der Waals surface area contributed by atoms with Gasteiger partial charge in [-0.2, -0.15) is 18.3 Å². The topological polar surface area (TPSA) is 155 Å². The largest absolute Gasteiger partial charge is 0.433 e. The van der Waals surface area contributed by atoms with Gasteiger partial charge in [0.05, 0.1) is 29.7 Å². The predicted molar refractivity (Wildman–Crippen MR) is 138 cm³/mol. The lowest BCUT2D eigenvalue weighted by molar-refractivity contribution is -0.140. The fraction of sp³-hybridized carbons (Fsp3) is 0.320. The minimum atomic E-state index is -4.60. The number of nitrogens with one attached hydrogen (secondary N) is 4. The Morgan fingerprint density at radius 1 is 1.15 bits per heavy atom. The summed E-state index contributed by atoms with van der Waals surface area (Å²) in [4.78, 5) is 32.8. The molecule has 3 heterocycles.